The first-order valence-electron chi connectivity index (χ1n) is 7.57. The van der Waals surface area contributed by atoms with Gasteiger partial charge in [0.15, 0.2) is 0 Å². The fourth-order valence-electron chi connectivity index (χ4n) is 3.08. The van der Waals surface area contributed by atoms with E-state index < -0.39 is 0 Å². The van der Waals surface area contributed by atoms with Crippen LogP contribution in [0, 0.1) is 0 Å². The van der Waals surface area contributed by atoms with E-state index in [0.29, 0.717) is 0 Å². The topological polar surface area (TPSA) is 29.3 Å². The van der Waals surface area contributed by atoms with Crippen LogP contribution in [0.4, 0.5) is 11.4 Å². The van der Waals surface area contributed by atoms with Gasteiger partial charge >= 0.3 is 0 Å². The lowest BCUT2D eigenvalue weighted by molar-refractivity contribution is 0.753. The molecule has 0 aromatic heterocycles. The molecule has 110 valence electrons. The highest BCUT2D eigenvalue weighted by Crippen LogP contribution is 2.37. The Morgan fingerprint density at radius 1 is 1.10 bits per heavy atom. The molecule has 1 aliphatic heterocycles. The highest BCUT2D eigenvalue weighted by atomic mass is 79.9. The first-order chi connectivity index (χ1) is 10.2. The van der Waals surface area contributed by atoms with Crippen molar-refractivity contribution < 1.29 is 0 Å². The van der Waals surface area contributed by atoms with Crippen LogP contribution in [0.25, 0.3) is 0 Å². The molecule has 0 amide bonds. The van der Waals surface area contributed by atoms with E-state index >= 15 is 0 Å². The van der Waals surface area contributed by atoms with Crippen LogP contribution < -0.4 is 10.6 Å². The van der Waals surface area contributed by atoms with Crippen LogP contribution in [0.3, 0.4) is 0 Å². The predicted molar refractivity (Wildman–Crippen MR) is 93.1 cm³/mol. The summed E-state index contributed by atoms with van der Waals surface area (Å²) in [7, 11) is 0. The summed E-state index contributed by atoms with van der Waals surface area (Å²) in [5.74, 6) is 0. The molecule has 0 radical (unpaired) electrons. The fourth-order valence-corrected chi connectivity index (χ4v) is 3.46. The van der Waals surface area contributed by atoms with Gasteiger partial charge < -0.3 is 10.6 Å². The lowest BCUT2D eigenvalue weighted by atomic mass is 10.0. The highest BCUT2D eigenvalue weighted by Gasteiger charge is 2.20. The third-order valence-electron chi connectivity index (χ3n) is 4.13. The summed E-state index contributed by atoms with van der Waals surface area (Å²) in [6.07, 6.45) is 3.62. The van der Waals surface area contributed by atoms with E-state index in [-0.39, 0.29) is 6.04 Å². The van der Waals surface area contributed by atoms with Crippen molar-refractivity contribution in [1.82, 2.24) is 0 Å². The zero-order valence-corrected chi connectivity index (χ0v) is 13.9. The smallest absolute Gasteiger partial charge is 0.0459 e. The number of halogens is 1. The van der Waals surface area contributed by atoms with Gasteiger partial charge in [0, 0.05) is 28.4 Å². The first-order valence-corrected chi connectivity index (χ1v) is 8.36. The van der Waals surface area contributed by atoms with Gasteiger partial charge in [0.05, 0.1) is 0 Å². The highest BCUT2D eigenvalue weighted by molar-refractivity contribution is 9.10. The molecule has 1 atom stereocenters. The maximum atomic E-state index is 6.20. The van der Waals surface area contributed by atoms with Crippen molar-refractivity contribution in [2.24, 2.45) is 5.73 Å². The monoisotopic (exact) mass is 344 g/mol. The Balaban J connectivity index is 2.12. The zero-order valence-electron chi connectivity index (χ0n) is 12.3. The van der Waals surface area contributed by atoms with Gasteiger partial charge in [-0.1, -0.05) is 34.1 Å². The summed E-state index contributed by atoms with van der Waals surface area (Å²) in [4.78, 5) is 2.44. The second-order valence-corrected chi connectivity index (χ2v) is 6.64. The van der Waals surface area contributed by atoms with E-state index in [9.17, 15) is 0 Å². The summed E-state index contributed by atoms with van der Waals surface area (Å²) in [6, 6.07) is 15.2. The average Bonchev–Trinajstić information content (AvgIpc) is 2.69. The Morgan fingerprint density at radius 2 is 1.90 bits per heavy atom. The summed E-state index contributed by atoms with van der Waals surface area (Å²) in [5, 5.41) is 0. The molecule has 21 heavy (non-hydrogen) atoms. The molecule has 0 saturated carbocycles. The Bertz CT molecular complexity index is 637. The zero-order chi connectivity index (χ0) is 14.8. The van der Waals surface area contributed by atoms with Gasteiger partial charge in [-0.3, -0.25) is 0 Å². The molecule has 1 heterocycles. The summed E-state index contributed by atoms with van der Waals surface area (Å²) in [6.45, 7) is 3.10. The van der Waals surface area contributed by atoms with Crippen LogP contribution in [0.5, 0.6) is 0 Å². The lowest BCUT2D eigenvalue weighted by Crippen LogP contribution is -2.21. The number of nitrogens with zero attached hydrogens (tertiary/aromatic N) is 1. The van der Waals surface area contributed by atoms with Crippen LogP contribution >= 0.6 is 15.9 Å². The minimum Gasteiger partial charge on any atom is -0.341 e. The maximum absolute atomic E-state index is 6.20. The molecule has 0 fully saturated rings. The molecule has 0 saturated heterocycles. The fraction of sp³-hybridized carbons (Fsp3) is 0.333. The number of rotatable bonds is 2. The molecular formula is C18H21BrN2. The SMILES string of the molecule is CC(N)c1cc(Br)ccc1N1CCCCc2ccccc21. The standard InChI is InChI=1S/C18H21BrN2/c1-13(20)16-12-15(19)9-10-18(16)21-11-5-4-7-14-6-2-3-8-17(14)21/h2-3,6,8-10,12-13H,4-5,7,11,20H2,1H3. The maximum Gasteiger partial charge on any atom is 0.0459 e. The van der Waals surface area contributed by atoms with Crippen molar-refractivity contribution in [1.29, 1.82) is 0 Å². The van der Waals surface area contributed by atoms with E-state index in [0.717, 1.165) is 17.4 Å². The van der Waals surface area contributed by atoms with Gasteiger partial charge in [-0.15, -0.1) is 0 Å². The Morgan fingerprint density at radius 3 is 2.71 bits per heavy atom. The van der Waals surface area contributed by atoms with E-state index in [4.69, 9.17) is 5.73 Å². The number of anilines is 2. The number of para-hydroxylation sites is 1. The minimum absolute atomic E-state index is 0.0212. The van der Waals surface area contributed by atoms with Gasteiger partial charge in [-0.25, -0.2) is 0 Å². The Labute approximate surface area is 135 Å². The molecular weight excluding hydrogens is 324 g/mol. The molecule has 2 aromatic rings. The van der Waals surface area contributed by atoms with Crippen LogP contribution in [-0.4, -0.2) is 6.54 Å². The molecule has 2 N–H and O–H groups in total. The van der Waals surface area contributed by atoms with Gasteiger partial charge in [0.2, 0.25) is 0 Å². The Kier molecular flexibility index (Phi) is 4.32. The van der Waals surface area contributed by atoms with E-state index in [1.165, 1.54) is 35.3 Å². The van der Waals surface area contributed by atoms with Crippen LogP contribution in [-0.2, 0) is 6.42 Å². The van der Waals surface area contributed by atoms with Crippen molar-refractivity contribution in [3.8, 4) is 0 Å². The number of hydrogen-bond donors (Lipinski definition) is 1. The lowest BCUT2D eigenvalue weighted by Gasteiger charge is -2.28. The van der Waals surface area contributed by atoms with Crippen LogP contribution in [0.15, 0.2) is 46.9 Å². The number of aryl methyl sites for hydroxylation is 1. The molecule has 1 unspecified atom stereocenters. The first kappa shape index (κ1) is 14.6. The number of hydrogen-bond acceptors (Lipinski definition) is 2. The average molecular weight is 345 g/mol. The van der Waals surface area contributed by atoms with E-state index in [1.807, 2.05) is 0 Å². The molecule has 0 bridgehead atoms. The minimum atomic E-state index is 0.0212. The predicted octanol–water partition coefficient (Wildman–Crippen LogP) is 4.94. The van der Waals surface area contributed by atoms with Gasteiger partial charge in [0.1, 0.15) is 0 Å². The molecule has 3 rings (SSSR count). The van der Waals surface area contributed by atoms with E-state index in [1.54, 1.807) is 0 Å². The van der Waals surface area contributed by atoms with Crippen molar-refractivity contribution in [3.05, 3.63) is 58.1 Å². The van der Waals surface area contributed by atoms with Gasteiger partial charge in [-0.05, 0) is 61.6 Å². The molecule has 0 spiro atoms. The van der Waals surface area contributed by atoms with Gasteiger partial charge in [0.25, 0.3) is 0 Å². The number of fused-ring (bicyclic) bond motifs is 1. The Hall–Kier alpha value is -1.32. The number of benzene rings is 2. The second kappa shape index (κ2) is 6.20. The van der Waals surface area contributed by atoms with Gasteiger partial charge in [-0.2, -0.15) is 0 Å². The molecule has 3 heteroatoms. The summed E-state index contributed by atoms with van der Waals surface area (Å²) >= 11 is 3.56. The van der Waals surface area contributed by atoms with Crippen LogP contribution in [0.2, 0.25) is 0 Å². The largest absolute Gasteiger partial charge is 0.341 e. The summed E-state index contributed by atoms with van der Waals surface area (Å²) in [5.41, 5.74) is 11.4. The van der Waals surface area contributed by atoms with Crippen LogP contribution in [0.1, 0.15) is 36.9 Å². The second-order valence-electron chi connectivity index (χ2n) is 5.73. The molecule has 0 aliphatic carbocycles. The molecule has 2 aromatic carbocycles. The third kappa shape index (κ3) is 2.99. The van der Waals surface area contributed by atoms with Crippen molar-refractivity contribution in [3.63, 3.8) is 0 Å². The van der Waals surface area contributed by atoms with Crippen molar-refractivity contribution in [2.75, 3.05) is 11.4 Å². The van der Waals surface area contributed by atoms with E-state index in [2.05, 4.69) is 70.2 Å². The molecule has 2 nitrogen and oxygen atoms in total. The normalized spacial score (nSPS) is 16.2. The van der Waals surface area contributed by atoms with Crippen molar-refractivity contribution in [2.45, 2.75) is 32.2 Å². The third-order valence-corrected chi connectivity index (χ3v) is 4.62. The van der Waals surface area contributed by atoms with Crippen molar-refractivity contribution >= 4 is 27.3 Å². The quantitative estimate of drug-likeness (QED) is 0.835. The molecule has 1 aliphatic rings. The summed E-state index contributed by atoms with van der Waals surface area (Å²) < 4.78 is 1.08. The number of nitrogens with two attached hydrogens (primary N) is 1.